The van der Waals surface area contributed by atoms with Crippen molar-refractivity contribution in [2.24, 2.45) is 0 Å². The van der Waals surface area contributed by atoms with Crippen LogP contribution >= 0.6 is 11.6 Å². The predicted octanol–water partition coefficient (Wildman–Crippen LogP) is 4.26. The molecule has 138 valence electrons. The number of benzene rings is 2. The van der Waals surface area contributed by atoms with Gasteiger partial charge in [-0.25, -0.2) is 9.18 Å². The number of para-hydroxylation sites is 2. The van der Waals surface area contributed by atoms with E-state index in [9.17, 15) is 22.8 Å². The number of halogens is 4. The van der Waals surface area contributed by atoms with E-state index in [-0.39, 0.29) is 16.5 Å². The van der Waals surface area contributed by atoms with Crippen LogP contribution in [0.2, 0.25) is 5.02 Å². The molecule has 0 heterocycles. The average molecular weight is 388 g/mol. The van der Waals surface area contributed by atoms with Crippen molar-refractivity contribution in [1.29, 1.82) is 0 Å². The quantitative estimate of drug-likeness (QED) is 0.752. The van der Waals surface area contributed by atoms with Gasteiger partial charge >= 0.3 is 12.6 Å². The topological polar surface area (TPSA) is 64.6 Å². The molecule has 2 rings (SSSR count). The number of nitrogens with one attached hydrogen (secondary N) is 1. The highest BCUT2D eigenvalue weighted by Gasteiger charge is 2.22. The molecule has 2 aromatic rings. The molecule has 0 saturated heterocycles. The fourth-order valence-corrected chi connectivity index (χ4v) is 2.09. The maximum absolute atomic E-state index is 13.7. The summed E-state index contributed by atoms with van der Waals surface area (Å²) in [6, 6.07) is 8.86. The smallest absolute Gasteiger partial charge is 0.387 e. The second-order valence-corrected chi connectivity index (χ2v) is 5.47. The van der Waals surface area contributed by atoms with E-state index in [0.717, 1.165) is 12.1 Å². The summed E-state index contributed by atoms with van der Waals surface area (Å²) in [5, 5.41) is 2.40. The van der Waals surface area contributed by atoms with Gasteiger partial charge in [0, 0.05) is 5.02 Å². The van der Waals surface area contributed by atoms with Crippen molar-refractivity contribution < 1.29 is 32.2 Å². The lowest BCUT2D eigenvalue weighted by Gasteiger charge is -2.16. The Hall–Kier alpha value is -2.74. The van der Waals surface area contributed by atoms with E-state index in [1.54, 1.807) is 0 Å². The summed E-state index contributed by atoms with van der Waals surface area (Å²) in [6.45, 7) is -1.83. The van der Waals surface area contributed by atoms with Crippen molar-refractivity contribution in [1.82, 2.24) is 0 Å². The number of alkyl halides is 2. The molecule has 5 nitrogen and oxygen atoms in total. The first-order valence-corrected chi connectivity index (χ1v) is 7.66. The van der Waals surface area contributed by atoms with Crippen LogP contribution in [-0.2, 0) is 9.53 Å². The van der Waals surface area contributed by atoms with Gasteiger partial charge in [0.25, 0.3) is 5.91 Å². The molecule has 0 radical (unpaired) electrons. The monoisotopic (exact) mass is 387 g/mol. The molecule has 2 aromatic carbocycles. The van der Waals surface area contributed by atoms with E-state index in [2.05, 4.69) is 10.1 Å². The van der Waals surface area contributed by atoms with Crippen LogP contribution in [0, 0.1) is 5.82 Å². The third kappa shape index (κ3) is 5.13. The third-order valence-corrected chi connectivity index (χ3v) is 3.40. The van der Waals surface area contributed by atoms with Crippen LogP contribution < -0.4 is 10.1 Å². The van der Waals surface area contributed by atoms with Gasteiger partial charge < -0.3 is 14.8 Å². The fraction of sp³-hybridized carbons (Fsp3) is 0.176. The van der Waals surface area contributed by atoms with Crippen LogP contribution in [0.5, 0.6) is 5.75 Å². The molecule has 26 heavy (non-hydrogen) atoms. The zero-order valence-corrected chi connectivity index (χ0v) is 14.1. The number of esters is 1. The van der Waals surface area contributed by atoms with E-state index < -0.39 is 36.0 Å². The normalized spacial score (nSPS) is 11.8. The van der Waals surface area contributed by atoms with Gasteiger partial charge in [0.15, 0.2) is 6.10 Å². The molecule has 1 N–H and O–H groups in total. The Morgan fingerprint density at radius 1 is 1.15 bits per heavy atom. The average Bonchev–Trinajstić information content (AvgIpc) is 2.55. The summed E-state index contributed by atoms with van der Waals surface area (Å²) < 4.78 is 47.6. The molecule has 0 aliphatic heterocycles. The molecular weight excluding hydrogens is 375 g/mol. The Morgan fingerprint density at radius 2 is 1.85 bits per heavy atom. The summed E-state index contributed by atoms with van der Waals surface area (Å²) in [5.74, 6) is -3.03. The Kier molecular flexibility index (Phi) is 6.46. The highest BCUT2D eigenvalue weighted by atomic mass is 35.5. The van der Waals surface area contributed by atoms with Gasteiger partial charge in [-0.15, -0.1) is 0 Å². The van der Waals surface area contributed by atoms with Crippen LogP contribution in [0.25, 0.3) is 0 Å². The van der Waals surface area contributed by atoms with Crippen LogP contribution in [0.15, 0.2) is 42.5 Å². The molecule has 0 aromatic heterocycles. The van der Waals surface area contributed by atoms with E-state index in [4.69, 9.17) is 16.3 Å². The maximum Gasteiger partial charge on any atom is 0.387 e. The third-order valence-electron chi connectivity index (χ3n) is 3.17. The Labute approximate surface area is 151 Å². The zero-order chi connectivity index (χ0) is 19.3. The number of amides is 1. The lowest BCUT2D eigenvalue weighted by Crippen LogP contribution is -2.30. The van der Waals surface area contributed by atoms with Crippen molar-refractivity contribution in [2.75, 3.05) is 5.32 Å². The van der Waals surface area contributed by atoms with Gasteiger partial charge in [-0.2, -0.15) is 8.78 Å². The van der Waals surface area contributed by atoms with Gasteiger partial charge in [0.05, 0.1) is 11.3 Å². The molecule has 0 unspecified atom stereocenters. The SMILES string of the molecule is C[C@H](OC(=O)c1ccc(Cl)cc1F)C(=O)Nc1ccccc1OC(F)F. The summed E-state index contributed by atoms with van der Waals surface area (Å²) in [6.07, 6.45) is -1.32. The van der Waals surface area contributed by atoms with E-state index in [1.807, 2.05) is 0 Å². The minimum atomic E-state index is -3.07. The molecule has 0 fully saturated rings. The minimum absolute atomic E-state index is 0.0293. The second kappa shape index (κ2) is 8.57. The standard InChI is InChI=1S/C17H13ClF3NO4/c1-9(25-16(24)11-7-6-10(18)8-12(11)19)15(23)22-13-4-2-3-5-14(13)26-17(20)21/h2-9,17H,1H3,(H,22,23)/t9-/m0/s1. The summed E-state index contributed by atoms with van der Waals surface area (Å²) >= 11 is 5.60. The molecule has 0 spiro atoms. The molecule has 0 saturated carbocycles. The van der Waals surface area contributed by atoms with Gasteiger partial charge in [-0.3, -0.25) is 4.79 Å². The second-order valence-electron chi connectivity index (χ2n) is 5.04. The number of hydrogen-bond donors (Lipinski definition) is 1. The first-order chi connectivity index (χ1) is 12.3. The van der Waals surface area contributed by atoms with Gasteiger partial charge in [-0.05, 0) is 37.3 Å². The van der Waals surface area contributed by atoms with E-state index >= 15 is 0 Å². The lowest BCUT2D eigenvalue weighted by atomic mass is 10.2. The fourth-order valence-electron chi connectivity index (χ4n) is 1.94. The van der Waals surface area contributed by atoms with Crippen LogP contribution in [0.1, 0.15) is 17.3 Å². The van der Waals surface area contributed by atoms with E-state index in [1.165, 1.54) is 37.3 Å². The summed E-state index contributed by atoms with van der Waals surface area (Å²) in [5.41, 5.74) is -0.422. The molecule has 0 aliphatic carbocycles. The number of anilines is 1. The van der Waals surface area contributed by atoms with Gasteiger partial charge in [0.2, 0.25) is 0 Å². The molecule has 9 heteroatoms. The Bertz CT molecular complexity index is 816. The van der Waals surface area contributed by atoms with Crippen molar-refractivity contribution in [3.63, 3.8) is 0 Å². The number of hydrogen-bond acceptors (Lipinski definition) is 4. The molecular formula is C17H13ClF3NO4. The molecule has 1 atom stereocenters. The first kappa shape index (κ1) is 19.6. The largest absolute Gasteiger partial charge is 0.449 e. The van der Waals surface area contributed by atoms with E-state index in [0.29, 0.717) is 0 Å². The number of carbonyl (C=O) groups excluding carboxylic acids is 2. The molecule has 0 bridgehead atoms. The number of carbonyl (C=O) groups is 2. The minimum Gasteiger partial charge on any atom is -0.449 e. The summed E-state index contributed by atoms with van der Waals surface area (Å²) in [7, 11) is 0. The summed E-state index contributed by atoms with van der Waals surface area (Å²) in [4.78, 5) is 24.1. The number of ether oxygens (including phenoxy) is 2. The molecule has 1 amide bonds. The Balaban J connectivity index is 2.05. The first-order valence-electron chi connectivity index (χ1n) is 7.28. The van der Waals surface area contributed by atoms with Gasteiger partial charge in [0.1, 0.15) is 11.6 Å². The number of rotatable bonds is 6. The van der Waals surface area contributed by atoms with Crippen molar-refractivity contribution in [2.45, 2.75) is 19.6 Å². The van der Waals surface area contributed by atoms with Crippen molar-refractivity contribution in [3.8, 4) is 5.75 Å². The zero-order valence-electron chi connectivity index (χ0n) is 13.3. The van der Waals surface area contributed by atoms with Gasteiger partial charge in [-0.1, -0.05) is 23.7 Å². The lowest BCUT2D eigenvalue weighted by molar-refractivity contribution is -0.123. The van der Waals surface area contributed by atoms with Crippen LogP contribution in [0.3, 0.4) is 0 Å². The highest BCUT2D eigenvalue weighted by molar-refractivity contribution is 6.30. The van der Waals surface area contributed by atoms with Crippen LogP contribution in [0.4, 0.5) is 18.9 Å². The molecule has 0 aliphatic rings. The highest BCUT2D eigenvalue weighted by Crippen LogP contribution is 2.26. The van der Waals surface area contributed by atoms with Crippen molar-refractivity contribution in [3.05, 3.63) is 58.9 Å². The maximum atomic E-state index is 13.7. The predicted molar refractivity (Wildman–Crippen MR) is 88.0 cm³/mol. The van der Waals surface area contributed by atoms with Crippen molar-refractivity contribution >= 4 is 29.2 Å². The van der Waals surface area contributed by atoms with Crippen LogP contribution in [-0.4, -0.2) is 24.6 Å². The Morgan fingerprint density at radius 3 is 2.50 bits per heavy atom.